The predicted octanol–water partition coefficient (Wildman–Crippen LogP) is 6.00. The van der Waals surface area contributed by atoms with Gasteiger partial charge in [-0.1, -0.05) is 33.8 Å². The van der Waals surface area contributed by atoms with Crippen LogP contribution in [0.1, 0.15) is 74.2 Å². The number of thiophene rings is 1. The summed E-state index contributed by atoms with van der Waals surface area (Å²) >= 11 is 2.84. The SMILES string of the molecule is CCC(Sc1cccc(NC(=O)CCC(=O)O)c1)C(=O)Nc1sc2c(c1C(=O)OC)CCC(C(C)(C)C)C2. The van der Waals surface area contributed by atoms with Crippen LogP contribution < -0.4 is 10.6 Å². The Hall–Kier alpha value is -2.85. The summed E-state index contributed by atoms with van der Waals surface area (Å²) in [4.78, 5) is 50.7. The number of nitrogens with one attached hydrogen (secondary N) is 2. The van der Waals surface area contributed by atoms with E-state index in [1.807, 2.05) is 13.0 Å². The van der Waals surface area contributed by atoms with Gasteiger partial charge in [0, 0.05) is 21.9 Å². The summed E-state index contributed by atoms with van der Waals surface area (Å²) in [7, 11) is 1.36. The second-order valence-corrected chi connectivity index (χ2v) is 12.9. The van der Waals surface area contributed by atoms with Crippen molar-refractivity contribution in [2.75, 3.05) is 17.7 Å². The van der Waals surface area contributed by atoms with E-state index in [1.165, 1.54) is 30.2 Å². The standard InChI is InChI=1S/C28H36N2O6S2/c1-6-20(37-18-9-7-8-17(15-18)29-22(31)12-13-23(32)33)25(34)30-26-24(27(35)36-5)19-11-10-16(28(2,3)4)14-21(19)38-26/h7-9,15-16,20H,6,10-14H2,1-5H3,(H,29,31)(H,30,34)(H,32,33). The van der Waals surface area contributed by atoms with Crippen LogP contribution in [0.5, 0.6) is 0 Å². The Morgan fingerprint density at radius 3 is 2.55 bits per heavy atom. The molecule has 2 aromatic rings. The van der Waals surface area contributed by atoms with Crippen molar-refractivity contribution in [2.24, 2.45) is 11.3 Å². The molecule has 1 aromatic heterocycles. The highest BCUT2D eigenvalue weighted by Crippen LogP contribution is 2.44. The maximum Gasteiger partial charge on any atom is 0.341 e. The van der Waals surface area contributed by atoms with Crippen molar-refractivity contribution in [3.05, 3.63) is 40.3 Å². The van der Waals surface area contributed by atoms with Crippen LogP contribution in [0.4, 0.5) is 10.7 Å². The number of aliphatic carboxylic acids is 1. The Bertz CT molecular complexity index is 1200. The normalized spacial score (nSPS) is 15.8. The number of methoxy groups -OCH3 is 1. The minimum absolute atomic E-state index is 0.115. The van der Waals surface area contributed by atoms with Crippen LogP contribution in [0.2, 0.25) is 0 Å². The number of carboxylic acid groups (broad SMARTS) is 1. The van der Waals surface area contributed by atoms with Crippen LogP contribution in [0.3, 0.4) is 0 Å². The molecule has 0 bridgehead atoms. The maximum absolute atomic E-state index is 13.4. The third kappa shape index (κ3) is 7.60. The molecule has 2 unspecified atom stereocenters. The molecule has 2 atom stereocenters. The zero-order chi connectivity index (χ0) is 28.0. The monoisotopic (exact) mass is 560 g/mol. The zero-order valence-corrected chi connectivity index (χ0v) is 24.1. The first-order valence-corrected chi connectivity index (χ1v) is 14.4. The zero-order valence-electron chi connectivity index (χ0n) is 22.5. The maximum atomic E-state index is 13.4. The van der Waals surface area contributed by atoms with Gasteiger partial charge in [0.05, 0.1) is 24.3 Å². The van der Waals surface area contributed by atoms with Crippen LogP contribution in [0.25, 0.3) is 0 Å². The van der Waals surface area contributed by atoms with E-state index in [-0.39, 0.29) is 30.1 Å². The molecule has 3 rings (SSSR count). The summed E-state index contributed by atoms with van der Waals surface area (Å²) < 4.78 is 5.08. The number of amides is 2. The third-order valence-corrected chi connectivity index (χ3v) is 9.27. The predicted molar refractivity (Wildman–Crippen MR) is 151 cm³/mol. The Kier molecular flexibility index (Phi) is 10.0. The van der Waals surface area contributed by atoms with Crippen molar-refractivity contribution in [1.29, 1.82) is 0 Å². The van der Waals surface area contributed by atoms with Gasteiger partial charge < -0.3 is 20.5 Å². The number of carboxylic acids is 1. The molecule has 0 radical (unpaired) electrons. The minimum Gasteiger partial charge on any atom is -0.481 e. The number of hydrogen-bond acceptors (Lipinski definition) is 7. The number of rotatable bonds is 10. The fourth-order valence-electron chi connectivity index (χ4n) is 4.50. The first-order valence-electron chi connectivity index (χ1n) is 12.7. The molecule has 0 aliphatic heterocycles. The molecule has 1 heterocycles. The average Bonchev–Trinajstić information content (AvgIpc) is 3.22. The van der Waals surface area contributed by atoms with Crippen LogP contribution in [0.15, 0.2) is 29.2 Å². The van der Waals surface area contributed by atoms with E-state index < -0.39 is 17.2 Å². The number of carbonyl (C=O) groups is 4. The Balaban J connectivity index is 1.75. The van der Waals surface area contributed by atoms with Gasteiger partial charge >= 0.3 is 11.9 Å². The molecule has 1 aromatic carbocycles. The first-order chi connectivity index (χ1) is 17.9. The first kappa shape index (κ1) is 29.7. The van der Waals surface area contributed by atoms with Gasteiger partial charge in [0.1, 0.15) is 5.00 Å². The van der Waals surface area contributed by atoms with Crippen LogP contribution in [-0.2, 0) is 32.0 Å². The average molecular weight is 561 g/mol. The van der Waals surface area contributed by atoms with Crippen molar-refractivity contribution in [3.63, 3.8) is 0 Å². The number of esters is 1. The second-order valence-electron chi connectivity index (χ2n) is 10.5. The van der Waals surface area contributed by atoms with E-state index in [9.17, 15) is 19.2 Å². The Morgan fingerprint density at radius 2 is 1.92 bits per heavy atom. The van der Waals surface area contributed by atoms with Crippen molar-refractivity contribution >= 4 is 57.5 Å². The molecule has 3 N–H and O–H groups in total. The molecular weight excluding hydrogens is 524 g/mol. The van der Waals surface area contributed by atoms with Crippen LogP contribution >= 0.6 is 23.1 Å². The third-order valence-electron chi connectivity index (χ3n) is 6.74. The molecule has 8 nitrogen and oxygen atoms in total. The molecular formula is C28H36N2O6S2. The fraction of sp³-hybridized carbons (Fsp3) is 0.500. The van der Waals surface area contributed by atoms with E-state index in [1.54, 1.807) is 18.2 Å². The van der Waals surface area contributed by atoms with E-state index in [4.69, 9.17) is 9.84 Å². The Labute approximate surface area is 231 Å². The summed E-state index contributed by atoms with van der Waals surface area (Å²) in [6.07, 6.45) is 2.84. The van der Waals surface area contributed by atoms with E-state index in [0.29, 0.717) is 28.6 Å². The van der Waals surface area contributed by atoms with Crippen LogP contribution in [0, 0.1) is 11.3 Å². The van der Waals surface area contributed by atoms with Crippen molar-refractivity contribution in [2.45, 2.75) is 76.4 Å². The van der Waals surface area contributed by atoms with Gasteiger partial charge in [-0.25, -0.2) is 4.79 Å². The van der Waals surface area contributed by atoms with Gasteiger partial charge in [-0.05, 0) is 60.8 Å². The highest BCUT2D eigenvalue weighted by molar-refractivity contribution is 8.00. The molecule has 0 saturated heterocycles. The lowest BCUT2D eigenvalue weighted by Gasteiger charge is -2.33. The lowest BCUT2D eigenvalue weighted by molar-refractivity contribution is -0.138. The minimum atomic E-state index is -1.03. The molecule has 38 heavy (non-hydrogen) atoms. The number of hydrogen-bond donors (Lipinski definition) is 3. The lowest BCUT2D eigenvalue weighted by atomic mass is 9.72. The highest BCUT2D eigenvalue weighted by Gasteiger charge is 2.35. The number of thioether (sulfide) groups is 1. The molecule has 10 heteroatoms. The summed E-state index contributed by atoms with van der Waals surface area (Å²) in [5.74, 6) is -1.55. The van der Waals surface area contributed by atoms with Gasteiger partial charge in [-0.3, -0.25) is 14.4 Å². The van der Waals surface area contributed by atoms with Gasteiger partial charge in [0.25, 0.3) is 0 Å². The van der Waals surface area contributed by atoms with Gasteiger partial charge in [0.15, 0.2) is 0 Å². The van der Waals surface area contributed by atoms with Crippen LogP contribution in [-0.4, -0.2) is 41.2 Å². The van der Waals surface area contributed by atoms with Gasteiger partial charge in [-0.2, -0.15) is 0 Å². The summed E-state index contributed by atoms with van der Waals surface area (Å²) in [6, 6.07) is 7.10. The van der Waals surface area contributed by atoms with E-state index in [2.05, 4.69) is 31.4 Å². The molecule has 1 aliphatic rings. The molecule has 206 valence electrons. The highest BCUT2D eigenvalue weighted by atomic mass is 32.2. The second kappa shape index (κ2) is 12.8. The van der Waals surface area contributed by atoms with Crippen molar-refractivity contribution in [1.82, 2.24) is 0 Å². The number of anilines is 2. The number of carbonyl (C=O) groups excluding carboxylic acids is 3. The topological polar surface area (TPSA) is 122 Å². The number of benzene rings is 1. The quantitative estimate of drug-likeness (QED) is 0.241. The summed E-state index contributed by atoms with van der Waals surface area (Å²) in [5.41, 5.74) is 2.15. The van der Waals surface area contributed by atoms with E-state index in [0.717, 1.165) is 34.6 Å². The van der Waals surface area contributed by atoms with Crippen molar-refractivity contribution in [3.8, 4) is 0 Å². The van der Waals surface area contributed by atoms with Gasteiger partial charge in [0.2, 0.25) is 11.8 Å². The Morgan fingerprint density at radius 1 is 1.18 bits per heavy atom. The van der Waals surface area contributed by atoms with Gasteiger partial charge in [-0.15, -0.1) is 23.1 Å². The molecule has 1 aliphatic carbocycles. The molecule has 0 saturated carbocycles. The number of ether oxygens (including phenoxy) is 1. The molecule has 0 spiro atoms. The number of fused-ring (bicyclic) bond motifs is 1. The summed E-state index contributed by atoms with van der Waals surface area (Å²) in [6.45, 7) is 8.63. The molecule has 0 fully saturated rings. The summed E-state index contributed by atoms with van der Waals surface area (Å²) in [5, 5.41) is 14.6. The largest absolute Gasteiger partial charge is 0.481 e. The van der Waals surface area contributed by atoms with E-state index >= 15 is 0 Å². The molecule has 2 amide bonds. The lowest BCUT2D eigenvalue weighted by Crippen LogP contribution is -2.27. The fourth-order valence-corrected chi connectivity index (χ4v) is 6.83. The smallest absolute Gasteiger partial charge is 0.341 e. The van der Waals surface area contributed by atoms with Crippen molar-refractivity contribution < 1.29 is 29.0 Å².